The summed E-state index contributed by atoms with van der Waals surface area (Å²) in [4.78, 5) is 16.0. The van der Waals surface area contributed by atoms with Crippen LogP contribution in [-0.2, 0) is 0 Å². The van der Waals surface area contributed by atoms with Crippen LogP contribution in [0.2, 0.25) is 0 Å². The van der Waals surface area contributed by atoms with Gasteiger partial charge in [-0.05, 0) is 25.1 Å². The van der Waals surface area contributed by atoms with Crippen LogP contribution in [0.4, 0.5) is 0 Å². The average Bonchev–Trinajstić information content (AvgIpc) is 2.29. The van der Waals surface area contributed by atoms with E-state index in [1.165, 1.54) is 0 Å². The highest BCUT2D eigenvalue weighted by atomic mass is 16.1. The van der Waals surface area contributed by atoms with Crippen LogP contribution in [-0.4, -0.2) is 10.8 Å². The molecule has 2 heteroatoms. The molecule has 0 aliphatic carbocycles. The molecule has 0 aliphatic heterocycles. The van der Waals surface area contributed by atoms with Crippen LogP contribution in [0.5, 0.6) is 0 Å². The highest BCUT2D eigenvalue weighted by Crippen LogP contribution is 2.09. The minimum Gasteiger partial charge on any atom is -0.287 e. The Kier molecular flexibility index (Phi) is 2.59. The Morgan fingerprint density at radius 2 is 2.00 bits per heavy atom. The highest BCUT2D eigenvalue weighted by molar-refractivity contribution is 6.07. The predicted octanol–water partition coefficient (Wildman–Crippen LogP) is 2.62. The van der Waals surface area contributed by atoms with Crippen LogP contribution >= 0.6 is 0 Å². The van der Waals surface area contributed by atoms with Crippen molar-refractivity contribution in [1.29, 1.82) is 0 Å². The maximum atomic E-state index is 11.9. The van der Waals surface area contributed by atoms with Gasteiger partial charge in [0.1, 0.15) is 5.69 Å². The fourth-order valence-electron chi connectivity index (χ4n) is 1.43. The molecule has 1 aromatic heterocycles. The molecule has 0 aliphatic rings. The minimum atomic E-state index is -0.0284. The van der Waals surface area contributed by atoms with Crippen LogP contribution < -0.4 is 0 Å². The molecular weight excluding hydrogens is 186 g/mol. The molecular formula is C13H11NO. The van der Waals surface area contributed by atoms with E-state index < -0.39 is 0 Å². The molecule has 2 rings (SSSR count). The highest BCUT2D eigenvalue weighted by Gasteiger charge is 2.08. The lowest BCUT2D eigenvalue weighted by Crippen LogP contribution is -2.03. The van der Waals surface area contributed by atoms with Gasteiger partial charge in [0.2, 0.25) is 5.78 Å². The summed E-state index contributed by atoms with van der Waals surface area (Å²) in [5.41, 5.74) is 2.26. The Hall–Kier alpha value is -1.96. The Labute approximate surface area is 88.6 Å². The molecule has 0 saturated carbocycles. The largest absolute Gasteiger partial charge is 0.287 e. The first-order chi connectivity index (χ1) is 7.27. The first-order valence-corrected chi connectivity index (χ1v) is 4.80. The molecule has 0 atom stereocenters. The number of pyridine rings is 1. The fourth-order valence-corrected chi connectivity index (χ4v) is 1.43. The molecule has 0 amide bonds. The Morgan fingerprint density at radius 1 is 1.13 bits per heavy atom. The van der Waals surface area contributed by atoms with Crippen molar-refractivity contribution in [3.05, 3.63) is 65.5 Å². The Morgan fingerprint density at radius 3 is 2.67 bits per heavy atom. The predicted molar refractivity (Wildman–Crippen MR) is 58.8 cm³/mol. The SMILES string of the molecule is Cc1cccc(C(=O)c2ccccn2)c1. The van der Waals surface area contributed by atoms with E-state index in [1.807, 2.05) is 37.3 Å². The van der Waals surface area contributed by atoms with Gasteiger partial charge in [0, 0.05) is 11.8 Å². The fraction of sp³-hybridized carbons (Fsp3) is 0.0769. The van der Waals surface area contributed by atoms with Crippen LogP contribution in [0.25, 0.3) is 0 Å². The molecule has 1 aromatic carbocycles. The molecule has 1 heterocycles. The van der Waals surface area contributed by atoms with E-state index in [4.69, 9.17) is 0 Å². The zero-order valence-electron chi connectivity index (χ0n) is 8.47. The zero-order chi connectivity index (χ0) is 10.7. The van der Waals surface area contributed by atoms with Gasteiger partial charge in [0.05, 0.1) is 0 Å². The molecule has 2 aromatic rings. The Bertz CT molecular complexity index is 477. The lowest BCUT2D eigenvalue weighted by Gasteiger charge is -2.00. The van der Waals surface area contributed by atoms with E-state index in [-0.39, 0.29) is 5.78 Å². The van der Waals surface area contributed by atoms with Crippen molar-refractivity contribution in [1.82, 2.24) is 4.98 Å². The monoisotopic (exact) mass is 197 g/mol. The number of rotatable bonds is 2. The normalized spacial score (nSPS) is 9.93. The third-order valence-corrected chi connectivity index (χ3v) is 2.18. The third-order valence-electron chi connectivity index (χ3n) is 2.18. The maximum absolute atomic E-state index is 11.9. The van der Waals surface area contributed by atoms with Gasteiger partial charge >= 0.3 is 0 Å². The standard InChI is InChI=1S/C13H11NO/c1-10-5-4-6-11(9-10)13(15)12-7-2-3-8-14-12/h2-9H,1H3. The summed E-state index contributed by atoms with van der Waals surface area (Å²) in [7, 11) is 0. The molecule has 0 spiro atoms. The van der Waals surface area contributed by atoms with E-state index in [9.17, 15) is 4.79 Å². The third kappa shape index (κ3) is 2.10. The zero-order valence-corrected chi connectivity index (χ0v) is 8.47. The van der Waals surface area contributed by atoms with Crippen LogP contribution in [0.1, 0.15) is 21.6 Å². The number of carbonyl (C=O) groups excluding carboxylic acids is 1. The molecule has 0 N–H and O–H groups in total. The first-order valence-electron chi connectivity index (χ1n) is 4.80. The molecule has 0 radical (unpaired) electrons. The molecule has 0 unspecified atom stereocenters. The molecule has 74 valence electrons. The van der Waals surface area contributed by atoms with Crippen LogP contribution in [0, 0.1) is 6.92 Å². The number of hydrogen-bond acceptors (Lipinski definition) is 2. The summed E-state index contributed by atoms with van der Waals surface area (Å²) >= 11 is 0. The molecule has 0 saturated heterocycles. The summed E-state index contributed by atoms with van der Waals surface area (Å²) in [5.74, 6) is -0.0284. The second kappa shape index (κ2) is 4.05. The Balaban J connectivity index is 2.37. The van der Waals surface area contributed by atoms with E-state index in [0.29, 0.717) is 11.3 Å². The second-order valence-corrected chi connectivity index (χ2v) is 3.41. The smallest absolute Gasteiger partial charge is 0.211 e. The van der Waals surface area contributed by atoms with E-state index in [0.717, 1.165) is 5.56 Å². The quantitative estimate of drug-likeness (QED) is 0.693. The average molecular weight is 197 g/mol. The van der Waals surface area contributed by atoms with Gasteiger partial charge in [-0.2, -0.15) is 0 Å². The number of aryl methyl sites for hydroxylation is 1. The van der Waals surface area contributed by atoms with Crippen molar-refractivity contribution in [2.45, 2.75) is 6.92 Å². The van der Waals surface area contributed by atoms with Crippen molar-refractivity contribution in [2.75, 3.05) is 0 Å². The number of hydrogen-bond donors (Lipinski definition) is 0. The van der Waals surface area contributed by atoms with Crippen molar-refractivity contribution >= 4 is 5.78 Å². The van der Waals surface area contributed by atoms with E-state index in [1.54, 1.807) is 18.3 Å². The van der Waals surface area contributed by atoms with Gasteiger partial charge in [-0.15, -0.1) is 0 Å². The van der Waals surface area contributed by atoms with Gasteiger partial charge in [-0.1, -0.05) is 29.8 Å². The summed E-state index contributed by atoms with van der Waals surface area (Å²) in [6, 6.07) is 12.9. The van der Waals surface area contributed by atoms with Gasteiger partial charge < -0.3 is 0 Å². The number of ketones is 1. The second-order valence-electron chi connectivity index (χ2n) is 3.41. The number of benzene rings is 1. The maximum Gasteiger partial charge on any atom is 0.211 e. The van der Waals surface area contributed by atoms with Crippen molar-refractivity contribution < 1.29 is 4.79 Å². The summed E-state index contributed by atoms with van der Waals surface area (Å²) in [5, 5.41) is 0. The molecule has 15 heavy (non-hydrogen) atoms. The van der Waals surface area contributed by atoms with Gasteiger partial charge in [0.25, 0.3) is 0 Å². The number of aromatic nitrogens is 1. The van der Waals surface area contributed by atoms with Crippen molar-refractivity contribution in [3.8, 4) is 0 Å². The number of nitrogens with zero attached hydrogens (tertiary/aromatic N) is 1. The lowest BCUT2D eigenvalue weighted by molar-refractivity contribution is 0.103. The first kappa shape index (κ1) is 9.59. The minimum absolute atomic E-state index is 0.0284. The van der Waals surface area contributed by atoms with Gasteiger partial charge in [0.15, 0.2) is 0 Å². The molecule has 0 bridgehead atoms. The van der Waals surface area contributed by atoms with E-state index in [2.05, 4.69) is 4.98 Å². The van der Waals surface area contributed by atoms with Crippen molar-refractivity contribution in [3.63, 3.8) is 0 Å². The van der Waals surface area contributed by atoms with E-state index >= 15 is 0 Å². The summed E-state index contributed by atoms with van der Waals surface area (Å²) in [6.07, 6.45) is 1.63. The molecule has 2 nitrogen and oxygen atoms in total. The number of carbonyl (C=O) groups is 1. The van der Waals surface area contributed by atoms with Crippen LogP contribution in [0.15, 0.2) is 48.7 Å². The van der Waals surface area contributed by atoms with Crippen LogP contribution in [0.3, 0.4) is 0 Å². The summed E-state index contributed by atoms with van der Waals surface area (Å²) < 4.78 is 0. The lowest BCUT2D eigenvalue weighted by atomic mass is 10.1. The van der Waals surface area contributed by atoms with Crippen molar-refractivity contribution in [2.24, 2.45) is 0 Å². The van der Waals surface area contributed by atoms with Gasteiger partial charge in [-0.25, -0.2) is 0 Å². The topological polar surface area (TPSA) is 30.0 Å². The summed E-state index contributed by atoms with van der Waals surface area (Å²) in [6.45, 7) is 1.97. The molecule has 0 fully saturated rings. The van der Waals surface area contributed by atoms with Gasteiger partial charge in [-0.3, -0.25) is 9.78 Å².